The van der Waals surface area contributed by atoms with E-state index in [1.165, 1.54) is 32.1 Å². The Morgan fingerprint density at radius 1 is 1.24 bits per heavy atom. The van der Waals surface area contributed by atoms with E-state index in [1.54, 1.807) is 12.1 Å². The predicted octanol–water partition coefficient (Wildman–Crippen LogP) is 2.44. The quantitative estimate of drug-likeness (QED) is 0.807. The number of benzene rings is 1. The molecule has 0 spiro atoms. The number of hydrogen-bond acceptors (Lipinski definition) is 4. The van der Waals surface area contributed by atoms with Crippen molar-refractivity contribution in [3.63, 3.8) is 0 Å². The normalized spacial score (nSPS) is 17.2. The van der Waals surface area contributed by atoms with Gasteiger partial charge in [-0.25, -0.2) is 0 Å². The van der Waals surface area contributed by atoms with Crippen molar-refractivity contribution >= 4 is 5.97 Å². The second-order valence-corrected chi connectivity index (χ2v) is 5.55. The van der Waals surface area contributed by atoms with Crippen molar-refractivity contribution in [3.05, 3.63) is 24.3 Å². The topological polar surface area (TPSA) is 81.8 Å². The average Bonchev–Trinajstić information content (AvgIpc) is 2.52. The molecule has 21 heavy (non-hydrogen) atoms. The highest BCUT2D eigenvalue weighted by molar-refractivity contribution is 5.73. The number of ether oxygens (including phenoxy) is 2. The molecule has 1 fully saturated rings. The van der Waals surface area contributed by atoms with E-state index in [1.807, 2.05) is 12.1 Å². The molecule has 1 aromatic rings. The third-order valence-electron chi connectivity index (χ3n) is 3.76. The molecule has 1 saturated carbocycles. The van der Waals surface area contributed by atoms with Crippen LogP contribution in [-0.2, 0) is 4.79 Å². The lowest BCUT2D eigenvalue weighted by atomic mass is 9.90. The molecule has 1 atom stereocenters. The SMILES string of the molecule is N[C@@H](COc1cccc(OCC2CCCCC2)c1)C(=O)O. The van der Waals surface area contributed by atoms with Crippen LogP contribution in [0.2, 0.25) is 0 Å². The van der Waals surface area contributed by atoms with E-state index in [-0.39, 0.29) is 6.61 Å². The first kappa shape index (κ1) is 15.6. The second-order valence-electron chi connectivity index (χ2n) is 5.55. The summed E-state index contributed by atoms with van der Waals surface area (Å²) >= 11 is 0. The minimum Gasteiger partial charge on any atom is -0.493 e. The van der Waals surface area contributed by atoms with E-state index in [9.17, 15) is 4.79 Å². The maximum atomic E-state index is 10.6. The van der Waals surface area contributed by atoms with Gasteiger partial charge in [-0.3, -0.25) is 4.79 Å². The van der Waals surface area contributed by atoms with Crippen molar-refractivity contribution in [2.75, 3.05) is 13.2 Å². The number of aliphatic carboxylic acids is 1. The maximum Gasteiger partial charge on any atom is 0.324 e. The molecule has 0 unspecified atom stereocenters. The molecule has 0 saturated heterocycles. The van der Waals surface area contributed by atoms with Crippen LogP contribution in [0.15, 0.2) is 24.3 Å². The lowest BCUT2D eigenvalue weighted by Crippen LogP contribution is -2.36. The summed E-state index contributed by atoms with van der Waals surface area (Å²) in [6.07, 6.45) is 6.41. The predicted molar refractivity (Wildman–Crippen MR) is 79.6 cm³/mol. The van der Waals surface area contributed by atoms with Crippen molar-refractivity contribution in [2.45, 2.75) is 38.1 Å². The molecule has 5 nitrogen and oxygen atoms in total. The number of rotatable bonds is 7. The number of hydrogen-bond donors (Lipinski definition) is 2. The molecule has 0 amide bonds. The molecular formula is C16H23NO4. The van der Waals surface area contributed by atoms with Gasteiger partial charge < -0.3 is 20.3 Å². The summed E-state index contributed by atoms with van der Waals surface area (Å²) in [6.45, 7) is 0.680. The zero-order chi connectivity index (χ0) is 15.1. The van der Waals surface area contributed by atoms with Gasteiger partial charge in [0.25, 0.3) is 0 Å². The molecular weight excluding hydrogens is 270 g/mol. The third kappa shape index (κ3) is 5.27. The highest BCUT2D eigenvalue weighted by atomic mass is 16.5. The smallest absolute Gasteiger partial charge is 0.324 e. The Kier molecular flexibility index (Phi) is 5.87. The van der Waals surface area contributed by atoms with Crippen LogP contribution in [0.1, 0.15) is 32.1 Å². The van der Waals surface area contributed by atoms with Gasteiger partial charge in [-0.2, -0.15) is 0 Å². The number of carbonyl (C=O) groups is 1. The van der Waals surface area contributed by atoms with Crippen LogP contribution in [-0.4, -0.2) is 30.3 Å². The van der Waals surface area contributed by atoms with Crippen molar-refractivity contribution in [3.8, 4) is 11.5 Å². The van der Waals surface area contributed by atoms with Gasteiger partial charge in [-0.05, 0) is 30.9 Å². The van der Waals surface area contributed by atoms with Gasteiger partial charge in [0.05, 0.1) is 6.61 Å². The molecule has 0 radical (unpaired) electrons. The van der Waals surface area contributed by atoms with Crippen LogP contribution in [0.25, 0.3) is 0 Å². The Bertz CT molecular complexity index is 457. The van der Waals surface area contributed by atoms with Crippen LogP contribution < -0.4 is 15.2 Å². The second kappa shape index (κ2) is 7.88. The summed E-state index contributed by atoms with van der Waals surface area (Å²) in [6, 6.07) is 6.24. The molecule has 5 heteroatoms. The highest BCUT2D eigenvalue weighted by Gasteiger charge is 2.14. The van der Waals surface area contributed by atoms with Crippen molar-refractivity contribution in [2.24, 2.45) is 11.7 Å². The molecule has 0 aromatic heterocycles. The molecule has 0 aliphatic heterocycles. The number of carboxylic acid groups (broad SMARTS) is 1. The van der Waals surface area contributed by atoms with Crippen molar-refractivity contribution < 1.29 is 19.4 Å². The monoisotopic (exact) mass is 293 g/mol. The molecule has 1 aliphatic rings. The van der Waals surface area contributed by atoms with Crippen molar-refractivity contribution in [1.82, 2.24) is 0 Å². The lowest BCUT2D eigenvalue weighted by Gasteiger charge is -2.21. The van der Waals surface area contributed by atoms with Crippen molar-refractivity contribution in [1.29, 1.82) is 0 Å². The van der Waals surface area contributed by atoms with E-state index in [4.69, 9.17) is 20.3 Å². The van der Waals surface area contributed by atoms with Crippen LogP contribution >= 0.6 is 0 Å². The first-order chi connectivity index (χ1) is 10.1. The van der Waals surface area contributed by atoms with E-state index in [2.05, 4.69) is 0 Å². The maximum absolute atomic E-state index is 10.6. The average molecular weight is 293 g/mol. The third-order valence-corrected chi connectivity index (χ3v) is 3.76. The van der Waals surface area contributed by atoms with E-state index < -0.39 is 12.0 Å². The fourth-order valence-corrected chi connectivity index (χ4v) is 2.48. The molecule has 2 rings (SSSR count). The lowest BCUT2D eigenvalue weighted by molar-refractivity contribution is -0.139. The molecule has 3 N–H and O–H groups in total. The minimum atomic E-state index is -1.07. The van der Waals surface area contributed by atoms with Crippen LogP contribution in [0.3, 0.4) is 0 Å². The van der Waals surface area contributed by atoms with Gasteiger partial charge in [0, 0.05) is 6.07 Å². The van der Waals surface area contributed by atoms with Crippen LogP contribution in [0.4, 0.5) is 0 Å². The largest absolute Gasteiger partial charge is 0.493 e. The van der Waals surface area contributed by atoms with Gasteiger partial charge in [0.2, 0.25) is 0 Å². The van der Waals surface area contributed by atoms with Gasteiger partial charge >= 0.3 is 5.97 Å². The minimum absolute atomic E-state index is 0.0542. The first-order valence-corrected chi connectivity index (χ1v) is 7.49. The molecule has 116 valence electrons. The summed E-state index contributed by atoms with van der Waals surface area (Å²) in [7, 11) is 0. The Labute approximate surface area is 125 Å². The Morgan fingerprint density at radius 2 is 1.90 bits per heavy atom. The Hall–Kier alpha value is -1.75. The Morgan fingerprint density at radius 3 is 2.57 bits per heavy atom. The van der Waals surface area contributed by atoms with E-state index in [0.29, 0.717) is 11.7 Å². The number of nitrogens with two attached hydrogens (primary N) is 1. The van der Waals surface area contributed by atoms with Gasteiger partial charge in [0.15, 0.2) is 0 Å². The summed E-state index contributed by atoms with van der Waals surface area (Å²) in [5, 5.41) is 8.71. The summed E-state index contributed by atoms with van der Waals surface area (Å²) in [4.78, 5) is 10.6. The molecule has 1 aliphatic carbocycles. The number of carboxylic acids is 1. The van der Waals surface area contributed by atoms with E-state index in [0.717, 1.165) is 12.4 Å². The zero-order valence-electron chi connectivity index (χ0n) is 12.2. The van der Waals surface area contributed by atoms with Gasteiger partial charge in [-0.1, -0.05) is 25.3 Å². The van der Waals surface area contributed by atoms with Crippen LogP contribution in [0, 0.1) is 5.92 Å². The molecule has 0 bridgehead atoms. The highest BCUT2D eigenvalue weighted by Crippen LogP contribution is 2.25. The summed E-state index contributed by atoms with van der Waals surface area (Å²) in [5.41, 5.74) is 5.40. The molecule has 0 heterocycles. The van der Waals surface area contributed by atoms with Gasteiger partial charge in [-0.15, -0.1) is 0 Å². The van der Waals surface area contributed by atoms with Crippen LogP contribution in [0.5, 0.6) is 11.5 Å². The fraction of sp³-hybridized carbons (Fsp3) is 0.562. The molecule has 1 aromatic carbocycles. The zero-order valence-corrected chi connectivity index (χ0v) is 12.2. The first-order valence-electron chi connectivity index (χ1n) is 7.49. The summed E-state index contributed by atoms with van der Waals surface area (Å²) < 4.78 is 11.2. The van der Waals surface area contributed by atoms with E-state index >= 15 is 0 Å². The fourth-order valence-electron chi connectivity index (χ4n) is 2.48. The summed E-state index contributed by atoms with van der Waals surface area (Å²) in [5.74, 6) is 0.901. The van der Waals surface area contributed by atoms with Gasteiger partial charge in [0.1, 0.15) is 24.1 Å². The standard InChI is InChI=1S/C16H23NO4/c17-15(16(18)19)11-21-14-8-4-7-13(9-14)20-10-12-5-2-1-3-6-12/h4,7-9,12,15H,1-3,5-6,10-11,17H2,(H,18,19)/t15-/m0/s1. The Balaban J connectivity index is 1.81.